The van der Waals surface area contributed by atoms with Crippen LogP contribution < -0.4 is 5.32 Å². The van der Waals surface area contributed by atoms with Gasteiger partial charge >= 0.3 is 0 Å². The first kappa shape index (κ1) is 19.4. The largest absolute Gasteiger partial charge is 0.339 e. The van der Waals surface area contributed by atoms with Gasteiger partial charge in [0.25, 0.3) is 0 Å². The van der Waals surface area contributed by atoms with Crippen LogP contribution >= 0.6 is 11.8 Å². The van der Waals surface area contributed by atoms with E-state index in [1.165, 1.54) is 17.8 Å². The van der Waals surface area contributed by atoms with Gasteiger partial charge in [0.2, 0.25) is 11.8 Å². The normalized spacial score (nSPS) is 14.8. The Balaban J connectivity index is 1.40. The van der Waals surface area contributed by atoms with E-state index in [0.29, 0.717) is 37.6 Å². The molecule has 2 aromatic rings. The molecule has 7 heteroatoms. The molecule has 2 amide bonds. The van der Waals surface area contributed by atoms with E-state index in [2.05, 4.69) is 5.32 Å². The number of anilines is 1. The van der Waals surface area contributed by atoms with Crippen molar-refractivity contribution in [1.82, 2.24) is 9.80 Å². The maximum Gasteiger partial charge on any atom is 0.238 e. The third-order valence-corrected chi connectivity index (χ3v) is 5.37. The Morgan fingerprint density at radius 1 is 0.963 bits per heavy atom. The quantitative estimate of drug-likeness (QED) is 0.775. The van der Waals surface area contributed by atoms with Gasteiger partial charge in [-0.3, -0.25) is 14.5 Å². The number of rotatable bonds is 6. The average molecular weight is 387 g/mol. The van der Waals surface area contributed by atoms with Crippen LogP contribution in [0.25, 0.3) is 0 Å². The van der Waals surface area contributed by atoms with E-state index in [4.69, 9.17) is 0 Å². The Bertz CT molecular complexity index is 780. The first-order chi connectivity index (χ1) is 13.1. The van der Waals surface area contributed by atoms with Crippen LogP contribution in [0.15, 0.2) is 59.5 Å². The van der Waals surface area contributed by atoms with Gasteiger partial charge in [0.05, 0.1) is 12.3 Å². The summed E-state index contributed by atoms with van der Waals surface area (Å²) in [6, 6.07) is 15.8. The molecule has 1 aliphatic heterocycles. The van der Waals surface area contributed by atoms with E-state index in [1.807, 2.05) is 35.2 Å². The van der Waals surface area contributed by atoms with Crippen LogP contribution in [0.3, 0.4) is 0 Å². The van der Waals surface area contributed by atoms with Crippen molar-refractivity contribution in [3.05, 3.63) is 60.4 Å². The maximum absolute atomic E-state index is 13.6. The van der Waals surface area contributed by atoms with E-state index < -0.39 is 0 Å². The second-order valence-corrected chi connectivity index (χ2v) is 7.31. The summed E-state index contributed by atoms with van der Waals surface area (Å²) in [7, 11) is 0. The third-order valence-electron chi connectivity index (χ3n) is 4.34. The lowest BCUT2D eigenvalue weighted by atomic mass is 10.3. The summed E-state index contributed by atoms with van der Waals surface area (Å²) in [6.07, 6.45) is 0. The molecule has 5 nitrogen and oxygen atoms in total. The lowest BCUT2D eigenvalue weighted by Gasteiger charge is -2.34. The Morgan fingerprint density at radius 2 is 1.63 bits per heavy atom. The number of carbonyl (C=O) groups excluding carboxylic acids is 2. The molecule has 0 aromatic heterocycles. The van der Waals surface area contributed by atoms with E-state index in [9.17, 15) is 14.0 Å². The molecule has 142 valence electrons. The van der Waals surface area contributed by atoms with Crippen LogP contribution in [0.5, 0.6) is 0 Å². The molecule has 1 saturated heterocycles. The topological polar surface area (TPSA) is 52.7 Å². The monoisotopic (exact) mass is 387 g/mol. The van der Waals surface area contributed by atoms with Crippen LogP contribution in [0.1, 0.15) is 0 Å². The van der Waals surface area contributed by atoms with Crippen LogP contribution in [0.2, 0.25) is 0 Å². The third kappa shape index (κ3) is 5.80. The molecule has 0 spiro atoms. The number of thioether (sulfide) groups is 1. The minimum atomic E-state index is -0.301. The smallest absolute Gasteiger partial charge is 0.238 e. The number of carbonyl (C=O) groups is 2. The Kier molecular flexibility index (Phi) is 6.84. The van der Waals surface area contributed by atoms with Gasteiger partial charge in [0.1, 0.15) is 5.82 Å². The molecule has 2 aromatic carbocycles. The second kappa shape index (κ2) is 9.53. The Labute approximate surface area is 162 Å². The molecule has 1 N–H and O–H groups in total. The second-order valence-electron chi connectivity index (χ2n) is 6.29. The zero-order valence-electron chi connectivity index (χ0n) is 14.9. The highest BCUT2D eigenvalue weighted by molar-refractivity contribution is 8.00. The van der Waals surface area contributed by atoms with Gasteiger partial charge in [0, 0.05) is 36.8 Å². The van der Waals surface area contributed by atoms with E-state index >= 15 is 0 Å². The van der Waals surface area contributed by atoms with Crippen LogP contribution in [-0.4, -0.2) is 60.1 Å². The van der Waals surface area contributed by atoms with Gasteiger partial charge < -0.3 is 10.2 Å². The van der Waals surface area contributed by atoms with E-state index in [-0.39, 0.29) is 23.4 Å². The van der Waals surface area contributed by atoms with E-state index in [1.54, 1.807) is 23.1 Å². The highest BCUT2D eigenvalue weighted by Gasteiger charge is 2.22. The first-order valence-electron chi connectivity index (χ1n) is 8.84. The standard InChI is InChI=1S/C20H22FN3O2S/c21-17-8-4-5-9-18(17)27-15-20(26)24-12-10-23(11-13-24)14-19(25)22-16-6-2-1-3-7-16/h1-9H,10-15H2,(H,22,25). The average Bonchev–Trinajstić information content (AvgIpc) is 2.68. The molecule has 0 radical (unpaired) electrons. The van der Waals surface area contributed by atoms with Gasteiger partial charge in [-0.25, -0.2) is 4.39 Å². The molecule has 0 unspecified atom stereocenters. The first-order valence-corrected chi connectivity index (χ1v) is 9.83. The summed E-state index contributed by atoms with van der Waals surface area (Å²) in [5.74, 6) is -0.146. The predicted octanol–water partition coefficient (Wildman–Crippen LogP) is 2.70. The van der Waals surface area contributed by atoms with Crippen molar-refractivity contribution >= 4 is 29.3 Å². The van der Waals surface area contributed by atoms with Crippen LogP contribution in [-0.2, 0) is 9.59 Å². The molecule has 1 fully saturated rings. The van der Waals surface area contributed by atoms with Crippen LogP contribution in [0, 0.1) is 5.82 Å². The minimum Gasteiger partial charge on any atom is -0.339 e. The number of nitrogens with one attached hydrogen (secondary N) is 1. The van der Waals surface area contributed by atoms with Gasteiger partial charge in [-0.15, -0.1) is 11.8 Å². The number of piperazine rings is 1. The zero-order chi connectivity index (χ0) is 19.1. The molecule has 0 aliphatic carbocycles. The number of benzene rings is 2. The summed E-state index contributed by atoms with van der Waals surface area (Å²) in [4.78, 5) is 28.8. The molecular formula is C20H22FN3O2S. The molecule has 0 bridgehead atoms. The molecule has 3 rings (SSSR count). The lowest BCUT2D eigenvalue weighted by molar-refractivity contribution is -0.130. The fourth-order valence-electron chi connectivity index (χ4n) is 2.87. The molecule has 1 heterocycles. The lowest BCUT2D eigenvalue weighted by Crippen LogP contribution is -2.50. The van der Waals surface area contributed by atoms with Crippen molar-refractivity contribution in [2.24, 2.45) is 0 Å². The molecule has 27 heavy (non-hydrogen) atoms. The van der Waals surface area contributed by atoms with Crippen molar-refractivity contribution in [3.63, 3.8) is 0 Å². The molecule has 0 saturated carbocycles. The molecular weight excluding hydrogens is 365 g/mol. The summed E-state index contributed by atoms with van der Waals surface area (Å²) in [6.45, 7) is 2.77. The van der Waals surface area contributed by atoms with Crippen molar-refractivity contribution in [2.75, 3.05) is 43.8 Å². The Morgan fingerprint density at radius 3 is 2.33 bits per heavy atom. The number of nitrogens with zero attached hydrogens (tertiary/aromatic N) is 2. The minimum absolute atomic E-state index is 0.00311. The van der Waals surface area contributed by atoms with Crippen molar-refractivity contribution < 1.29 is 14.0 Å². The number of para-hydroxylation sites is 1. The summed E-state index contributed by atoms with van der Waals surface area (Å²) >= 11 is 1.22. The number of amides is 2. The molecule has 0 atom stereocenters. The summed E-state index contributed by atoms with van der Waals surface area (Å²) in [5.41, 5.74) is 0.779. The van der Waals surface area contributed by atoms with Crippen molar-refractivity contribution in [3.8, 4) is 0 Å². The predicted molar refractivity (Wildman–Crippen MR) is 105 cm³/mol. The number of hydrogen-bond acceptors (Lipinski definition) is 4. The van der Waals surface area contributed by atoms with Gasteiger partial charge in [-0.1, -0.05) is 30.3 Å². The summed E-state index contributed by atoms with van der Waals surface area (Å²) in [5, 5.41) is 2.87. The fourth-order valence-corrected chi connectivity index (χ4v) is 3.72. The van der Waals surface area contributed by atoms with Gasteiger partial charge in [-0.2, -0.15) is 0 Å². The number of halogens is 1. The fraction of sp³-hybridized carbons (Fsp3) is 0.300. The highest BCUT2D eigenvalue weighted by Crippen LogP contribution is 2.21. The molecule has 1 aliphatic rings. The SMILES string of the molecule is O=C(CN1CCN(C(=O)CSc2ccccc2F)CC1)Nc1ccccc1. The maximum atomic E-state index is 13.6. The van der Waals surface area contributed by atoms with Gasteiger partial charge in [0.15, 0.2) is 0 Å². The highest BCUT2D eigenvalue weighted by atomic mass is 32.2. The Hall–Kier alpha value is -2.38. The zero-order valence-corrected chi connectivity index (χ0v) is 15.8. The van der Waals surface area contributed by atoms with Crippen molar-refractivity contribution in [2.45, 2.75) is 4.90 Å². The summed E-state index contributed by atoms with van der Waals surface area (Å²) < 4.78 is 13.6. The number of hydrogen-bond donors (Lipinski definition) is 1. The van der Waals surface area contributed by atoms with Crippen LogP contribution in [0.4, 0.5) is 10.1 Å². The van der Waals surface area contributed by atoms with Crippen molar-refractivity contribution in [1.29, 1.82) is 0 Å². The van der Waals surface area contributed by atoms with Gasteiger partial charge in [-0.05, 0) is 24.3 Å². The van der Waals surface area contributed by atoms with E-state index in [0.717, 1.165) is 5.69 Å².